The van der Waals surface area contributed by atoms with Gasteiger partial charge in [-0.3, -0.25) is 23.8 Å². The Morgan fingerprint density at radius 2 is 2.00 bits per heavy atom. The Kier molecular flexibility index (Phi) is 7.85. The highest BCUT2D eigenvalue weighted by Crippen LogP contribution is 2.21. The van der Waals surface area contributed by atoms with Gasteiger partial charge in [0.15, 0.2) is 5.69 Å². The number of H-pyrrole nitrogens is 1. The van der Waals surface area contributed by atoms with Gasteiger partial charge in [0.1, 0.15) is 12.4 Å². The SMILES string of the molecule is COCCCN(C(=O)Cn1nc(C)c(Cl)c1C)c1c(N)n(CC(C)C)c(=O)[nH]c1=O. The topological polar surface area (TPSA) is 128 Å². The maximum Gasteiger partial charge on any atom is 0.330 e. The number of amides is 1. The molecular formula is C19H29ClN6O4. The molecule has 0 unspecified atom stereocenters. The lowest BCUT2D eigenvalue weighted by Gasteiger charge is -2.25. The molecule has 0 aromatic carbocycles. The molecule has 2 aromatic heterocycles. The molecule has 30 heavy (non-hydrogen) atoms. The van der Waals surface area contributed by atoms with Gasteiger partial charge in [-0.2, -0.15) is 5.10 Å². The molecular weight excluding hydrogens is 412 g/mol. The Balaban J connectivity index is 2.50. The standard InChI is InChI=1S/C19H29ClN6O4/c1-11(2)9-25-17(21)16(18(28)22-19(25)29)24(7-6-8-30-5)14(27)10-26-13(4)15(20)12(3)23-26/h11H,6-10,21H2,1-5H3,(H,22,28,29). The van der Waals surface area contributed by atoms with Crippen molar-refractivity contribution in [1.82, 2.24) is 19.3 Å². The van der Waals surface area contributed by atoms with Crippen LogP contribution in [0.3, 0.4) is 0 Å². The average molecular weight is 441 g/mol. The van der Waals surface area contributed by atoms with E-state index >= 15 is 0 Å². The largest absolute Gasteiger partial charge is 0.385 e. The molecule has 1 amide bonds. The number of ether oxygens (including phenoxy) is 1. The third-order valence-corrected chi connectivity index (χ3v) is 5.19. The van der Waals surface area contributed by atoms with Gasteiger partial charge < -0.3 is 15.4 Å². The highest BCUT2D eigenvalue weighted by Gasteiger charge is 2.25. The summed E-state index contributed by atoms with van der Waals surface area (Å²) in [7, 11) is 1.55. The summed E-state index contributed by atoms with van der Waals surface area (Å²) < 4.78 is 7.83. The second-order valence-electron chi connectivity index (χ2n) is 7.53. The molecule has 0 radical (unpaired) electrons. The van der Waals surface area contributed by atoms with Crippen molar-refractivity contribution in [2.75, 3.05) is 30.9 Å². The van der Waals surface area contributed by atoms with Crippen LogP contribution in [0.1, 0.15) is 31.7 Å². The van der Waals surface area contributed by atoms with Crippen LogP contribution < -0.4 is 21.9 Å². The number of carbonyl (C=O) groups is 1. The number of nitrogen functional groups attached to an aromatic ring is 1. The zero-order chi connectivity index (χ0) is 22.6. The Bertz CT molecular complexity index is 1020. The van der Waals surface area contributed by atoms with Gasteiger partial charge in [-0.1, -0.05) is 25.4 Å². The van der Waals surface area contributed by atoms with Gasteiger partial charge in [0, 0.05) is 26.8 Å². The minimum atomic E-state index is -0.713. The van der Waals surface area contributed by atoms with E-state index in [1.54, 1.807) is 21.0 Å². The van der Waals surface area contributed by atoms with E-state index in [-0.39, 0.29) is 30.5 Å². The number of methoxy groups -OCH3 is 1. The van der Waals surface area contributed by atoms with Crippen LogP contribution in [0.15, 0.2) is 9.59 Å². The number of nitrogens with one attached hydrogen (secondary N) is 1. The molecule has 0 aliphatic carbocycles. The van der Waals surface area contributed by atoms with Gasteiger partial charge in [0.2, 0.25) is 5.91 Å². The van der Waals surface area contributed by atoms with Gasteiger partial charge in [-0.15, -0.1) is 0 Å². The van der Waals surface area contributed by atoms with E-state index in [4.69, 9.17) is 22.1 Å². The predicted molar refractivity (Wildman–Crippen MR) is 116 cm³/mol. The Morgan fingerprint density at radius 3 is 2.53 bits per heavy atom. The number of hydrogen-bond donors (Lipinski definition) is 2. The zero-order valence-corrected chi connectivity index (χ0v) is 18.7. The fourth-order valence-electron chi connectivity index (χ4n) is 3.16. The maximum atomic E-state index is 13.2. The lowest BCUT2D eigenvalue weighted by Crippen LogP contribution is -2.43. The second-order valence-corrected chi connectivity index (χ2v) is 7.91. The molecule has 0 saturated heterocycles. The predicted octanol–water partition coefficient (Wildman–Crippen LogP) is 1.31. The summed E-state index contributed by atoms with van der Waals surface area (Å²) >= 11 is 6.18. The second kappa shape index (κ2) is 9.94. The third kappa shape index (κ3) is 5.11. The molecule has 0 atom stereocenters. The van der Waals surface area contributed by atoms with Gasteiger partial charge in [0.25, 0.3) is 5.56 Å². The van der Waals surface area contributed by atoms with Crippen LogP contribution in [0.5, 0.6) is 0 Å². The summed E-state index contributed by atoms with van der Waals surface area (Å²) in [6.07, 6.45) is 0.475. The number of nitrogens with zero attached hydrogens (tertiary/aromatic N) is 4. The van der Waals surface area contributed by atoms with E-state index in [0.717, 1.165) is 0 Å². The van der Waals surface area contributed by atoms with Crippen molar-refractivity contribution in [1.29, 1.82) is 0 Å². The van der Waals surface area contributed by atoms with Crippen LogP contribution in [0.25, 0.3) is 0 Å². The number of nitrogens with two attached hydrogens (primary N) is 1. The molecule has 0 fully saturated rings. The molecule has 0 saturated carbocycles. The molecule has 2 heterocycles. The van der Waals surface area contributed by atoms with Crippen LogP contribution in [0.4, 0.5) is 11.5 Å². The van der Waals surface area contributed by atoms with Crippen molar-refractivity contribution in [2.45, 2.75) is 47.2 Å². The number of anilines is 2. The quantitative estimate of drug-likeness (QED) is 0.566. The fraction of sp³-hybridized carbons (Fsp3) is 0.579. The molecule has 0 bridgehead atoms. The van der Waals surface area contributed by atoms with Crippen molar-refractivity contribution >= 4 is 29.0 Å². The van der Waals surface area contributed by atoms with Crippen LogP contribution in [-0.2, 0) is 22.6 Å². The number of halogens is 1. The summed E-state index contributed by atoms with van der Waals surface area (Å²) in [5.74, 6) is -0.340. The zero-order valence-electron chi connectivity index (χ0n) is 18.0. The summed E-state index contributed by atoms with van der Waals surface area (Å²) in [5.41, 5.74) is 6.08. The van der Waals surface area contributed by atoms with Gasteiger partial charge in [0.05, 0.1) is 16.4 Å². The van der Waals surface area contributed by atoms with Crippen molar-refractivity contribution in [3.8, 4) is 0 Å². The molecule has 11 heteroatoms. The van der Waals surface area contributed by atoms with E-state index in [1.165, 1.54) is 14.1 Å². The minimum Gasteiger partial charge on any atom is -0.385 e. The normalized spacial score (nSPS) is 11.3. The lowest BCUT2D eigenvalue weighted by atomic mass is 10.2. The Hall–Kier alpha value is -2.59. The number of hydrogen-bond acceptors (Lipinski definition) is 6. The van der Waals surface area contributed by atoms with Crippen LogP contribution in [0.2, 0.25) is 5.02 Å². The lowest BCUT2D eigenvalue weighted by molar-refractivity contribution is -0.119. The molecule has 2 rings (SSSR count). The van der Waals surface area contributed by atoms with Crippen molar-refractivity contribution in [3.05, 3.63) is 37.2 Å². The number of carbonyl (C=O) groups excluding carboxylic acids is 1. The fourth-order valence-corrected chi connectivity index (χ4v) is 3.29. The molecule has 0 spiro atoms. The first-order valence-corrected chi connectivity index (χ1v) is 10.1. The van der Waals surface area contributed by atoms with Gasteiger partial charge >= 0.3 is 5.69 Å². The summed E-state index contributed by atoms with van der Waals surface area (Å²) in [6, 6.07) is 0. The molecule has 0 aliphatic heterocycles. The van der Waals surface area contributed by atoms with Crippen LogP contribution >= 0.6 is 11.6 Å². The monoisotopic (exact) mass is 440 g/mol. The van der Waals surface area contributed by atoms with Gasteiger partial charge in [-0.25, -0.2) is 4.79 Å². The summed E-state index contributed by atoms with van der Waals surface area (Å²) in [4.78, 5) is 41.6. The highest BCUT2D eigenvalue weighted by molar-refractivity contribution is 6.31. The smallest absolute Gasteiger partial charge is 0.330 e. The van der Waals surface area contributed by atoms with Crippen molar-refractivity contribution < 1.29 is 9.53 Å². The van der Waals surface area contributed by atoms with Crippen LogP contribution in [0, 0.1) is 19.8 Å². The first kappa shape index (κ1) is 23.7. The molecule has 10 nitrogen and oxygen atoms in total. The van der Waals surface area contributed by atoms with Crippen molar-refractivity contribution in [2.24, 2.45) is 5.92 Å². The first-order chi connectivity index (χ1) is 14.1. The minimum absolute atomic E-state index is 0.0467. The number of rotatable bonds is 9. The van der Waals surface area contributed by atoms with E-state index in [0.29, 0.717) is 36.0 Å². The molecule has 166 valence electrons. The average Bonchev–Trinajstić information content (AvgIpc) is 2.90. The van der Waals surface area contributed by atoms with Crippen LogP contribution in [-0.4, -0.2) is 45.5 Å². The first-order valence-electron chi connectivity index (χ1n) is 9.69. The summed E-state index contributed by atoms with van der Waals surface area (Å²) in [6.45, 7) is 8.10. The van der Waals surface area contributed by atoms with E-state index in [2.05, 4.69) is 10.1 Å². The number of aromatic nitrogens is 4. The Morgan fingerprint density at radius 1 is 1.33 bits per heavy atom. The number of aryl methyl sites for hydroxylation is 1. The molecule has 3 N–H and O–H groups in total. The van der Waals surface area contributed by atoms with Crippen molar-refractivity contribution in [3.63, 3.8) is 0 Å². The third-order valence-electron chi connectivity index (χ3n) is 4.64. The highest BCUT2D eigenvalue weighted by atomic mass is 35.5. The molecule has 2 aromatic rings. The van der Waals surface area contributed by atoms with E-state index in [1.807, 2.05) is 13.8 Å². The Labute approximate surface area is 179 Å². The maximum absolute atomic E-state index is 13.2. The van der Waals surface area contributed by atoms with Gasteiger partial charge in [-0.05, 0) is 26.2 Å². The van der Waals surface area contributed by atoms with E-state index in [9.17, 15) is 14.4 Å². The summed E-state index contributed by atoms with van der Waals surface area (Å²) in [5, 5.41) is 4.76. The van der Waals surface area contributed by atoms with E-state index < -0.39 is 17.2 Å². The molecule has 0 aliphatic rings. The number of aromatic amines is 1.